The molecule has 0 spiro atoms. The Morgan fingerprint density at radius 2 is 1.57 bits per heavy atom. The summed E-state index contributed by atoms with van der Waals surface area (Å²) >= 11 is 0. The van der Waals surface area contributed by atoms with Crippen molar-refractivity contribution < 1.29 is 13.2 Å². The lowest BCUT2D eigenvalue weighted by Gasteiger charge is -2.36. The normalized spacial score (nSPS) is 22.5. The number of amides is 1. The van der Waals surface area contributed by atoms with Gasteiger partial charge in [-0.15, -0.1) is 0 Å². The van der Waals surface area contributed by atoms with E-state index in [1.165, 1.54) is 0 Å². The second kappa shape index (κ2) is 8.88. The molecule has 0 unspecified atom stereocenters. The van der Waals surface area contributed by atoms with Crippen molar-refractivity contribution in [2.75, 3.05) is 6.54 Å². The van der Waals surface area contributed by atoms with Gasteiger partial charge in [0.15, 0.2) is 0 Å². The van der Waals surface area contributed by atoms with Gasteiger partial charge in [-0.3, -0.25) is 4.79 Å². The minimum Gasteiger partial charge on any atom is -0.352 e. The van der Waals surface area contributed by atoms with Gasteiger partial charge in [-0.2, -0.15) is 0 Å². The molecule has 0 aliphatic heterocycles. The van der Waals surface area contributed by atoms with Crippen LogP contribution in [0.2, 0.25) is 0 Å². The summed E-state index contributed by atoms with van der Waals surface area (Å²) in [7, 11) is -3.47. The second-order valence-corrected chi connectivity index (χ2v) is 9.60. The van der Waals surface area contributed by atoms with Gasteiger partial charge in [0.25, 0.3) is 0 Å². The highest BCUT2D eigenvalue weighted by Crippen LogP contribution is 2.38. The predicted molar refractivity (Wildman–Crippen MR) is 110 cm³/mol. The van der Waals surface area contributed by atoms with E-state index in [2.05, 4.69) is 10.0 Å². The van der Waals surface area contributed by atoms with Crippen molar-refractivity contribution in [2.45, 2.75) is 44.0 Å². The molecule has 6 heteroatoms. The zero-order valence-corrected chi connectivity index (χ0v) is 17.0. The van der Waals surface area contributed by atoms with Gasteiger partial charge in [-0.05, 0) is 49.3 Å². The summed E-state index contributed by atoms with van der Waals surface area (Å²) in [6.07, 6.45) is 3.22. The zero-order chi connectivity index (χ0) is 20.0. The first-order valence-corrected chi connectivity index (χ1v) is 11.2. The number of hydrogen-bond acceptors (Lipinski definition) is 3. The highest BCUT2D eigenvalue weighted by atomic mass is 32.2. The minimum atomic E-state index is -3.47. The summed E-state index contributed by atoms with van der Waals surface area (Å²) in [5.41, 5.74) is 0.701. The minimum absolute atomic E-state index is 0.0830. The Morgan fingerprint density at radius 1 is 1.00 bits per heavy atom. The van der Waals surface area contributed by atoms with E-state index in [9.17, 15) is 13.2 Å². The van der Waals surface area contributed by atoms with Crippen molar-refractivity contribution in [2.24, 2.45) is 11.3 Å². The molecule has 2 N–H and O–H groups in total. The third kappa shape index (κ3) is 5.20. The van der Waals surface area contributed by atoms with E-state index in [-0.39, 0.29) is 22.1 Å². The maximum Gasteiger partial charge on any atom is 0.240 e. The van der Waals surface area contributed by atoms with Gasteiger partial charge in [0.05, 0.1) is 4.90 Å². The molecule has 2 aromatic carbocycles. The van der Waals surface area contributed by atoms with Crippen LogP contribution in [0.1, 0.15) is 38.2 Å². The van der Waals surface area contributed by atoms with Crippen LogP contribution in [0, 0.1) is 11.3 Å². The van der Waals surface area contributed by atoms with Crippen LogP contribution in [0.3, 0.4) is 0 Å². The molecule has 0 aromatic heterocycles. The quantitative estimate of drug-likeness (QED) is 0.747. The van der Waals surface area contributed by atoms with Crippen LogP contribution in [-0.4, -0.2) is 20.9 Å². The fraction of sp³-hybridized carbons (Fsp3) is 0.409. The molecule has 1 fully saturated rings. The number of hydrogen-bond donors (Lipinski definition) is 2. The highest BCUT2D eigenvalue weighted by Gasteiger charge is 2.37. The van der Waals surface area contributed by atoms with Gasteiger partial charge in [-0.25, -0.2) is 13.1 Å². The van der Waals surface area contributed by atoms with E-state index >= 15 is 0 Å². The number of carbonyl (C=O) groups excluding carboxylic acids is 1. The number of rotatable bonds is 7. The number of nitrogens with one attached hydrogen (secondary N) is 2. The average molecular weight is 401 g/mol. The van der Waals surface area contributed by atoms with Crippen LogP contribution in [0.15, 0.2) is 65.6 Å². The summed E-state index contributed by atoms with van der Waals surface area (Å²) in [5, 5.41) is 3.05. The SMILES string of the molecule is CC1(C(=O)NCc2ccccc2)CCC(CNS(=O)(=O)c2ccccc2)CC1. The third-order valence-corrected chi connectivity index (χ3v) is 7.11. The molecular weight excluding hydrogens is 372 g/mol. The first kappa shape index (κ1) is 20.6. The summed E-state index contributed by atoms with van der Waals surface area (Å²) in [4.78, 5) is 13.0. The van der Waals surface area contributed by atoms with E-state index in [1.807, 2.05) is 37.3 Å². The maximum absolute atomic E-state index is 12.7. The molecule has 3 rings (SSSR count). The second-order valence-electron chi connectivity index (χ2n) is 7.84. The molecule has 0 saturated heterocycles. The van der Waals surface area contributed by atoms with Crippen molar-refractivity contribution in [3.63, 3.8) is 0 Å². The summed E-state index contributed by atoms with van der Waals surface area (Å²) in [5.74, 6) is 0.341. The first-order valence-electron chi connectivity index (χ1n) is 9.76. The van der Waals surface area contributed by atoms with Crippen molar-refractivity contribution in [1.82, 2.24) is 10.0 Å². The van der Waals surface area contributed by atoms with Crippen molar-refractivity contribution in [3.8, 4) is 0 Å². The van der Waals surface area contributed by atoms with Crippen LogP contribution in [0.5, 0.6) is 0 Å². The van der Waals surface area contributed by atoms with Gasteiger partial charge >= 0.3 is 0 Å². The van der Waals surface area contributed by atoms with Gasteiger partial charge in [-0.1, -0.05) is 55.5 Å². The first-order chi connectivity index (χ1) is 13.4. The molecule has 0 atom stereocenters. The van der Waals surface area contributed by atoms with Crippen molar-refractivity contribution in [3.05, 3.63) is 66.2 Å². The van der Waals surface area contributed by atoms with Gasteiger partial charge in [0.1, 0.15) is 0 Å². The van der Waals surface area contributed by atoms with E-state index in [1.54, 1.807) is 30.3 Å². The lowest BCUT2D eigenvalue weighted by atomic mass is 9.71. The lowest BCUT2D eigenvalue weighted by molar-refractivity contribution is -0.132. The van der Waals surface area contributed by atoms with E-state index in [0.29, 0.717) is 13.1 Å². The Labute approximate surface area is 167 Å². The summed E-state index contributed by atoms with van der Waals surface area (Å²) in [6.45, 7) is 2.96. The Morgan fingerprint density at radius 3 is 2.18 bits per heavy atom. The van der Waals surface area contributed by atoms with E-state index in [0.717, 1.165) is 31.2 Å². The van der Waals surface area contributed by atoms with Crippen LogP contribution in [-0.2, 0) is 21.4 Å². The Kier molecular flexibility index (Phi) is 6.52. The van der Waals surface area contributed by atoms with Gasteiger partial charge < -0.3 is 5.32 Å². The van der Waals surface area contributed by atoms with Gasteiger partial charge in [0, 0.05) is 18.5 Å². The lowest BCUT2D eigenvalue weighted by Crippen LogP contribution is -2.42. The maximum atomic E-state index is 12.7. The van der Waals surface area contributed by atoms with Crippen LogP contribution >= 0.6 is 0 Å². The molecule has 1 aliphatic carbocycles. The Balaban J connectivity index is 1.47. The standard InChI is InChI=1S/C22H28N2O3S/c1-22(21(25)23-16-18-8-4-2-5-9-18)14-12-19(13-15-22)17-24-28(26,27)20-10-6-3-7-11-20/h2-11,19,24H,12-17H2,1H3,(H,23,25). The van der Waals surface area contributed by atoms with Crippen LogP contribution in [0.4, 0.5) is 0 Å². The predicted octanol–water partition coefficient (Wildman–Crippen LogP) is 3.48. The van der Waals surface area contributed by atoms with E-state index < -0.39 is 10.0 Å². The fourth-order valence-electron chi connectivity index (χ4n) is 3.65. The average Bonchev–Trinajstić information content (AvgIpc) is 2.73. The molecule has 28 heavy (non-hydrogen) atoms. The molecule has 1 saturated carbocycles. The fourth-order valence-corrected chi connectivity index (χ4v) is 4.79. The van der Waals surface area contributed by atoms with Gasteiger partial charge in [0.2, 0.25) is 15.9 Å². The summed E-state index contributed by atoms with van der Waals surface area (Å²) in [6, 6.07) is 18.3. The molecule has 150 valence electrons. The highest BCUT2D eigenvalue weighted by molar-refractivity contribution is 7.89. The molecule has 0 radical (unpaired) electrons. The molecule has 1 amide bonds. The number of sulfonamides is 1. The van der Waals surface area contributed by atoms with Crippen molar-refractivity contribution >= 4 is 15.9 Å². The zero-order valence-electron chi connectivity index (χ0n) is 16.2. The van der Waals surface area contributed by atoms with Crippen LogP contribution in [0.25, 0.3) is 0 Å². The smallest absolute Gasteiger partial charge is 0.240 e. The largest absolute Gasteiger partial charge is 0.352 e. The van der Waals surface area contributed by atoms with Crippen molar-refractivity contribution in [1.29, 1.82) is 0 Å². The summed E-state index contributed by atoms with van der Waals surface area (Å²) < 4.78 is 27.4. The Bertz CT molecular complexity index is 875. The van der Waals surface area contributed by atoms with Crippen LogP contribution < -0.4 is 10.0 Å². The number of carbonyl (C=O) groups is 1. The topological polar surface area (TPSA) is 75.3 Å². The molecule has 1 aliphatic rings. The van der Waals surface area contributed by atoms with E-state index in [4.69, 9.17) is 0 Å². The third-order valence-electron chi connectivity index (χ3n) is 5.67. The molecule has 5 nitrogen and oxygen atoms in total. The Hall–Kier alpha value is -2.18. The molecule has 2 aromatic rings. The molecule has 0 heterocycles. The molecule has 0 bridgehead atoms. The molecular formula is C22H28N2O3S. The monoisotopic (exact) mass is 400 g/mol. The number of benzene rings is 2.